The summed E-state index contributed by atoms with van der Waals surface area (Å²) in [6, 6.07) is 12.4. The Balaban J connectivity index is 1.80. The zero-order valence-corrected chi connectivity index (χ0v) is 13.5. The van der Waals surface area contributed by atoms with Crippen LogP contribution in [0, 0.1) is 0 Å². The lowest BCUT2D eigenvalue weighted by molar-refractivity contribution is 0.665. The lowest BCUT2D eigenvalue weighted by Crippen LogP contribution is -2.14. The Bertz CT molecular complexity index is 691. The maximum Gasteiger partial charge on any atom is 0.157 e. The molecule has 0 aliphatic heterocycles. The highest BCUT2D eigenvalue weighted by atomic mass is 32.2. The fourth-order valence-corrected chi connectivity index (χ4v) is 4.09. The van der Waals surface area contributed by atoms with Crippen LogP contribution in [0.25, 0.3) is 10.2 Å². The van der Waals surface area contributed by atoms with E-state index in [1.54, 1.807) is 23.1 Å². The maximum absolute atomic E-state index is 4.67. The molecule has 0 saturated carbocycles. The Hall–Kier alpha value is -1.43. The minimum Gasteiger partial charge on any atom is -0.313 e. The van der Waals surface area contributed by atoms with Gasteiger partial charge >= 0.3 is 0 Å². The molecule has 1 aromatic carbocycles. The first-order valence-electron chi connectivity index (χ1n) is 7.05. The van der Waals surface area contributed by atoms with Crippen LogP contribution in [0.3, 0.4) is 0 Å². The lowest BCUT2D eigenvalue weighted by atomic mass is 10.3. The monoisotopic (exact) mass is 315 g/mol. The van der Waals surface area contributed by atoms with E-state index in [1.807, 2.05) is 18.3 Å². The van der Waals surface area contributed by atoms with Gasteiger partial charge < -0.3 is 5.32 Å². The van der Waals surface area contributed by atoms with E-state index < -0.39 is 0 Å². The second-order valence-electron chi connectivity index (χ2n) is 4.69. The first-order chi connectivity index (χ1) is 10.4. The number of nitrogens with zero attached hydrogens (tertiary/aromatic N) is 2. The molecule has 1 N–H and O–H groups in total. The molecule has 2 aromatic heterocycles. The number of aromatic nitrogens is 2. The number of thiazole rings is 1. The molecule has 3 nitrogen and oxygen atoms in total. The van der Waals surface area contributed by atoms with Gasteiger partial charge in [0, 0.05) is 12.7 Å². The van der Waals surface area contributed by atoms with Crippen LogP contribution in [-0.2, 0) is 6.54 Å². The zero-order chi connectivity index (χ0) is 14.5. The van der Waals surface area contributed by atoms with Gasteiger partial charge in [0.2, 0.25) is 0 Å². The van der Waals surface area contributed by atoms with Gasteiger partial charge in [-0.05, 0) is 48.5 Å². The normalized spacial score (nSPS) is 11.1. The molecule has 2 heterocycles. The van der Waals surface area contributed by atoms with Gasteiger partial charge in [0.05, 0.1) is 10.2 Å². The van der Waals surface area contributed by atoms with Crippen LogP contribution in [0.15, 0.2) is 52.0 Å². The predicted octanol–water partition coefficient (Wildman–Crippen LogP) is 4.34. The molecule has 0 bridgehead atoms. The van der Waals surface area contributed by atoms with Crippen molar-refractivity contribution in [3.05, 3.63) is 48.2 Å². The molecule has 108 valence electrons. The fraction of sp³-hybridized carbons (Fsp3) is 0.250. The molecule has 0 atom stereocenters. The van der Waals surface area contributed by atoms with Crippen molar-refractivity contribution in [3.63, 3.8) is 0 Å². The second-order valence-corrected chi connectivity index (χ2v) is 6.96. The van der Waals surface area contributed by atoms with Crippen LogP contribution in [0.1, 0.15) is 18.9 Å². The van der Waals surface area contributed by atoms with Crippen molar-refractivity contribution >= 4 is 33.3 Å². The molecular formula is C16H17N3S2. The molecular weight excluding hydrogens is 298 g/mol. The van der Waals surface area contributed by atoms with Crippen molar-refractivity contribution in [1.29, 1.82) is 0 Å². The summed E-state index contributed by atoms with van der Waals surface area (Å²) < 4.78 is 2.27. The van der Waals surface area contributed by atoms with E-state index in [0.717, 1.165) is 34.4 Å². The van der Waals surface area contributed by atoms with E-state index >= 15 is 0 Å². The molecule has 0 aliphatic rings. The average Bonchev–Trinajstić information content (AvgIpc) is 2.91. The summed E-state index contributed by atoms with van der Waals surface area (Å²) in [7, 11) is 0. The number of hydrogen-bond donors (Lipinski definition) is 1. The number of pyridine rings is 1. The first-order valence-corrected chi connectivity index (χ1v) is 8.68. The van der Waals surface area contributed by atoms with Gasteiger partial charge in [-0.1, -0.05) is 25.1 Å². The van der Waals surface area contributed by atoms with E-state index in [-0.39, 0.29) is 0 Å². The summed E-state index contributed by atoms with van der Waals surface area (Å²) in [6.45, 7) is 4.06. The number of rotatable bonds is 6. The van der Waals surface area contributed by atoms with Gasteiger partial charge in [-0.3, -0.25) is 0 Å². The number of hydrogen-bond acceptors (Lipinski definition) is 5. The average molecular weight is 315 g/mol. The topological polar surface area (TPSA) is 37.8 Å². The Kier molecular flexibility index (Phi) is 4.85. The molecule has 0 unspecified atom stereocenters. The Labute approximate surface area is 132 Å². The molecule has 0 saturated heterocycles. The zero-order valence-electron chi connectivity index (χ0n) is 11.9. The minimum atomic E-state index is 0.856. The standard InChI is InChI=1S/C16H17N3S2/c1-2-9-17-11-12-6-5-10-18-15(12)21-16-19-13-7-3-4-8-14(13)20-16/h3-8,10,17H,2,9,11H2,1H3. The Morgan fingerprint density at radius 1 is 1.19 bits per heavy atom. The van der Waals surface area contributed by atoms with E-state index in [1.165, 1.54) is 10.3 Å². The van der Waals surface area contributed by atoms with E-state index in [9.17, 15) is 0 Å². The van der Waals surface area contributed by atoms with Crippen LogP contribution >= 0.6 is 23.1 Å². The van der Waals surface area contributed by atoms with Crippen molar-refractivity contribution in [3.8, 4) is 0 Å². The summed E-state index contributed by atoms with van der Waals surface area (Å²) in [5, 5.41) is 4.48. The summed E-state index contributed by atoms with van der Waals surface area (Å²) in [6.07, 6.45) is 2.99. The minimum absolute atomic E-state index is 0.856. The van der Waals surface area contributed by atoms with E-state index in [0.29, 0.717) is 0 Å². The van der Waals surface area contributed by atoms with E-state index in [2.05, 4.69) is 46.5 Å². The second kappa shape index (κ2) is 7.02. The third-order valence-corrected chi connectivity index (χ3v) is 5.21. The smallest absolute Gasteiger partial charge is 0.157 e. The van der Waals surface area contributed by atoms with Crippen molar-refractivity contribution in [2.75, 3.05) is 6.54 Å². The number of nitrogens with one attached hydrogen (secondary N) is 1. The first kappa shape index (κ1) is 14.5. The molecule has 21 heavy (non-hydrogen) atoms. The number of benzene rings is 1. The van der Waals surface area contributed by atoms with E-state index in [4.69, 9.17) is 0 Å². The highest BCUT2D eigenvalue weighted by Gasteiger charge is 2.09. The third kappa shape index (κ3) is 3.61. The quantitative estimate of drug-likeness (QED) is 0.687. The molecule has 0 aliphatic carbocycles. The van der Waals surface area contributed by atoms with Crippen molar-refractivity contribution in [2.45, 2.75) is 29.3 Å². The van der Waals surface area contributed by atoms with Crippen molar-refractivity contribution < 1.29 is 0 Å². The van der Waals surface area contributed by atoms with Gasteiger partial charge in [-0.25, -0.2) is 9.97 Å². The van der Waals surface area contributed by atoms with Crippen LogP contribution in [0.5, 0.6) is 0 Å². The van der Waals surface area contributed by atoms with Crippen LogP contribution < -0.4 is 5.32 Å². The molecule has 3 aromatic rings. The highest BCUT2D eigenvalue weighted by molar-refractivity contribution is 8.01. The SMILES string of the molecule is CCCNCc1cccnc1Sc1nc2ccccc2s1. The highest BCUT2D eigenvalue weighted by Crippen LogP contribution is 2.34. The molecule has 3 rings (SSSR count). The Morgan fingerprint density at radius 3 is 2.95 bits per heavy atom. The van der Waals surface area contributed by atoms with Gasteiger partial charge in [-0.15, -0.1) is 11.3 Å². The van der Waals surface area contributed by atoms with Gasteiger partial charge in [0.1, 0.15) is 5.03 Å². The largest absolute Gasteiger partial charge is 0.313 e. The van der Waals surface area contributed by atoms with Crippen molar-refractivity contribution in [2.24, 2.45) is 0 Å². The summed E-state index contributed by atoms with van der Waals surface area (Å²) in [5.41, 5.74) is 2.29. The summed E-state index contributed by atoms with van der Waals surface area (Å²) in [4.78, 5) is 9.18. The molecule has 5 heteroatoms. The van der Waals surface area contributed by atoms with Crippen LogP contribution in [-0.4, -0.2) is 16.5 Å². The molecule has 0 amide bonds. The fourth-order valence-electron chi connectivity index (χ4n) is 2.03. The maximum atomic E-state index is 4.67. The van der Waals surface area contributed by atoms with Crippen LogP contribution in [0.2, 0.25) is 0 Å². The van der Waals surface area contributed by atoms with Crippen LogP contribution in [0.4, 0.5) is 0 Å². The van der Waals surface area contributed by atoms with Gasteiger partial charge in [-0.2, -0.15) is 0 Å². The summed E-state index contributed by atoms with van der Waals surface area (Å²) >= 11 is 3.37. The predicted molar refractivity (Wildman–Crippen MR) is 90.0 cm³/mol. The van der Waals surface area contributed by atoms with Gasteiger partial charge in [0.15, 0.2) is 4.34 Å². The lowest BCUT2D eigenvalue weighted by Gasteiger charge is -2.07. The molecule has 0 fully saturated rings. The third-order valence-electron chi connectivity index (χ3n) is 3.05. The molecule has 0 spiro atoms. The Morgan fingerprint density at radius 2 is 2.10 bits per heavy atom. The molecule has 0 radical (unpaired) electrons. The number of para-hydroxylation sites is 1. The number of fused-ring (bicyclic) bond motifs is 1. The van der Waals surface area contributed by atoms with Crippen molar-refractivity contribution in [1.82, 2.24) is 15.3 Å². The van der Waals surface area contributed by atoms with Gasteiger partial charge in [0.25, 0.3) is 0 Å². The summed E-state index contributed by atoms with van der Waals surface area (Å²) in [5.74, 6) is 0.